The van der Waals surface area contributed by atoms with Crippen molar-refractivity contribution in [3.05, 3.63) is 60.9 Å². The first kappa shape index (κ1) is 8.70. The van der Waals surface area contributed by atoms with Gasteiger partial charge in [-0.2, -0.15) is 0 Å². The van der Waals surface area contributed by atoms with Gasteiger partial charge in [0, 0.05) is 18.0 Å². The number of benzene rings is 1. The second-order valence-corrected chi connectivity index (χ2v) is 3.03. The molecule has 68 valence electrons. The van der Waals surface area contributed by atoms with E-state index in [9.17, 15) is 0 Å². The van der Waals surface area contributed by atoms with E-state index in [2.05, 4.69) is 29.8 Å². The predicted octanol–water partition coefficient (Wildman–Crippen LogP) is 3.39. The molecule has 2 aromatic rings. The molecule has 0 amide bonds. The number of nitrogens with zero attached hydrogens (tertiary/aromatic N) is 1. The lowest BCUT2D eigenvalue weighted by Gasteiger charge is -2.04. The van der Waals surface area contributed by atoms with Crippen LogP contribution in [0.15, 0.2) is 55.4 Å². The molecule has 2 rings (SSSR count). The maximum atomic E-state index is 4.10. The molecule has 1 nitrogen and oxygen atoms in total. The molecule has 0 N–H and O–H groups in total. The summed E-state index contributed by atoms with van der Waals surface area (Å²) in [6, 6.07) is 12.2. The average molecular weight is 181 g/mol. The van der Waals surface area contributed by atoms with Crippen LogP contribution < -0.4 is 0 Å². The van der Waals surface area contributed by atoms with Crippen molar-refractivity contribution in [1.29, 1.82) is 0 Å². The van der Waals surface area contributed by atoms with Gasteiger partial charge in [-0.25, -0.2) is 0 Å². The molecule has 0 aliphatic carbocycles. The summed E-state index contributed by atoms with van der Waals surface area (Å²) in [7, 11) is 0. The Kier molecular flexibility index (Phi) is 2.41. The molecule has 0 radical (unpaired) electrons. The topological polar surface area (TPSA) is 12.9 Å². The van der Waals surface area contributed by atoms with Crippen LogP contribution in [0.3, 0.4) is 0 Å². The van der Waals surface area contributed by atoms with Gasteiger partial charge in [-0.05, 0) is 17.2 Å². The molecule has 1 aromatic carbocycles. The SMILES string of the molecule is C=Cc1ccccc1-c1cccnc1. The third-order valence-electron chi connectivity index (χ3n) is 2.15. The van der Waals surface area contributed by atoms with E-state index in [4.69, 9.17) is 0 Å². The van der Waals surface area contributed by atoms with E-state index in [1.54, 1.807) is 6.20 Å². The maximum Gasteiger partial charge on any atom is 0.0346 e. The van der Waals surface area contributed by atoms with Crippen LogP contribution in [0.5, 0.6) is 0 Å². The van der Waals surface area contributed by atoms with Crippen molar-refractivity contribution < 1.29 is 0 Å². The van der Waals surface area contributed by atoms with E-state index in [-0.39, 0.29) is 0 Å². The van der Waals surface area contributed by atoms with Gasteiger partial charge in [0.1, 0.15) is 0 Å². The third-order valence-corrected chi connectivity index (χ3v) is 2.15. The van der Waals surface area contributed by atoms with Crippen molar-refractivity contribution >= 4 is 6.08 Å². The fourth-order valence-corrected chi connectivity index (χ4v) is 1.46. The van der Waals surface area contributed by atoms with Crippen LogP contribution in [0.25, 0.3) is 17.2 Å². The predicted molar refractivity (Wildman–Crippen MR) is 59.8 cm³/mol. The maximum absolute atomic E-state index is 4.10. The van der Waals surface area contributed by atoms with Crippen LogP contribution in [-0.2, 0) is 0 Å². The minimum absolute atomic E-state index is 1.13. The molecule has 14 heavy (non-hydrogen) atoms. The zero-order chi connectivity index (χ0) is 9.80. The third kappa shape index (κ3) is 1.57. The number of hydrogen-bond donors (Lipinski definition) is 0. The molecular weight excluding hydrogens is 170 g/mol. The Bertz CT molecular complexity index is 432. The summed E-state index contributed by atoms with van der Waals surface area (Å²) in [4.78, 5) is 4.10. The first-order valence-electron chi connectivity index (χ1n) is 4.53. The summed E-state index contributed by atoms with van der Waals surface area (Å²) in [6.45, 7) is 3.80. The van der Waals surface area contributed by atoms with Crippen molar-refractivity contribution in [3.63, 3.8) is 0 Å². The minimum atomic E-state index is 1.13. The molecule has 0 saturated carbocycles. The van der Waals surface area contributed by atoms with Gasteiger partial charge in [-0.3, -0.25) is 4.98 Å². The lowest BCUT2D eigenvalue weighted by molar-refractivity contribution is 1.33. The fourth-order valence-electron chi connectivity index (χ4n) is 1.46. The van der Waals surface area contributed by atoms with Crippen LogP contribution in [0.2, 0.25) is 0 Å². The summed E-state index contributed by atoms with van der Waals surface area (Å²) in [5.41, 5.74) is 3.44. The van der Waals surface area contributed by atoms with Crippen LogP contribution >= 0.6 is 0 Å². The second-order valence-electron chi connectivity index (χ2n) is 3.03. The molecule has 1 heteroatoms. The van der Waals surface area contributed by atoms with Gasteiger partial charge >= 0.3 is 0 Å². The number of rotatable bonds is 2. The van der Waals surface area contributed by atoms with Gasteiger partial charge in [0.25, 0.3) is 0 Å². The highest BCUT2D eigenvalue weighted by molar-refractivity contribution is 5.73. The lowest BCUT2D eigenvalue weighted by Crippen LogP contribution is -1.82. The van der Waals surface area contributed by atoms with Crippen LogP contribution in [-0.4, -0.2) is 4.98 Å². The standard InChI is InChI=1S/C13H11N/c1-2-11-6-3-4-8-13(11)12-7-5-9-14-10-12/h2-10H,1H2. The van der Waals surface area contributed by atoms with E-state index < -0.39 is 0 Å². The van der Waals surface area contributed by atoms with E-state index >= 15 is 0 Å². The molecule has 0 unspecified atom stereocenters. The molecule has 0 bridgehead atoms. The molecule has 1 heterocycles. The molecule has 0 atom stereocenters. The minimum Gasteiger partial charge on any atom is -0.264 e. The Hall–Kier alpha value is -1.89. The van der Waals surface area contributed by atoms with Crippen molar-refractivity contribution in [1.82, 2.24) is 4.98 Å². The second kappa shape index (κ2) is 3.88. The van der Waals surface area contributed by atoms with Gasteiger partial charge < -0.3 is 0 Å². The van der Waals surface area contributed by atoms with Gasteiger partial charge in [0.15, 0.2) is 0 Å². The van der Waals surface area contributed by atoms with Gasteiger partial charge in [0.05, 0.1) is 0 Å². The molecule has 0 spiro atoms. The normalized spacial score (nSPS) is 9.71. The highest BCUT2D eigenvalue weighted by Gasteiger charge is 2.00. The first-order valence-corrected chi connectivity index (χ1v) is 4.53. The fraction of sp³-hybridized carbons (Fsp3) is 0. The molecule has 0 saturated heterocycles. The molecule has 0 fully saturated rings. The Morgan fingerprint density at radius 1 is 1.07 bits per heavy atom. The smallest absolute Gasteiger partial charge is 0.0346 e. The van der Waals surface area contributed by atoms with E-state index in [1.165, 1.54) is 5.56 Å². The van der Waals surface area contributed by atoms with Crippen molar-refractivity contribution in [2.75, 3.05) is 0 Å². The Morgan fingerprint density at radius 2 is 1.93 bits per heavy atom. The van der Waals surface area contributed by atoms with Crippen LogP contribution in [0.4, 0.5) is 0 Å². The first-order chi connectivity index (χ1) is 6.92. The molecule has 0 aliphatic rings. The van der Waals surface area contributed by atoms with E-state index in [0.717, 1.165) is 11.1 Å². The summed E-state index contributed by atoms with van der Waals surface area (Å²) in [5, 5.41) is 0. The number of pyridine rings is 1. The van der Waals surface area contributed by atoms with E-state index in [0.29, 0.717) is 0 Å². The van der Waals surface area contributed by atoms with Gasteiger partial charge in [-0.15, -0.1) is 0 Å². The number of aromatic nitrogens is 1. The van der Waals surface area contributed by atoms with Crippen LogP contribution in [0, 0.1) is 0 Å². The van der Waals surface area contributed by atoms with Gasteiger partial charge in [-0.1, -0.05) is 43.0 Å². The zero-order valence-corrected chi connectivity index (χ0v) is 7.85. The van der Waals surface area contributed by atoms with Gasteiger partial charge in [0.2, 0.25) is 0 Å². The average Bonchev–Trinajstić information content (AvgIpc) is 2.30. The van der Waals surface area contributed by atoms with Crippen molar-refractivity contribution in [2.45, 2.75) is 0 Å². The summed E-state index contributed by atoms with van der Waals surface area (Å²) in [6.07, 6.45) is 5.50. The number of hydrogen-bond acceptors (Lipinski definition) is 1. The Labute approximate surface area is 83.7 Å². The van der Waals surface area contributed by atoms with Crippen molar-refractivity contribution in [2.24, 2.45) is 0 Å². The molecular formula is C13H11N. The summed E-state index contributed by atoms with van der Waals surface area (Å²) >= 11 is 0. The van der Waals surface area contributed by atoms with E-state index in [1.807, 2.05) is 30.5 Å². The molecule has 1 aromatic heterocycles. The summed E-state index contributed by atoms with van der Waals surface area (Å²) in [5.74, 6) is 0. The Balaban J connectivity index is 2.57. The summed E-state index contributed by atoms with van der Waals surface area (Å²) < 4.78 is 0. The van der Waals surface area contributed by atoms with Crippen LogP contribution in [0.1, 0.15) is 5.56 Å². The largest absolute Gasteiger partial charge is 0.264 e. The van der Waals surface area contributed by atoms with Crippen molar-refractivity contribution in [3.8, 4) is 11.1 Å². The lowest BCUT2D eigenvalue weighted by atomic mass is 10.0. The zero-order valence-electron chi connectivity index (χ0n) is 7.85. The highest BCUT2D eigenvalue weighted by atomic mass is 14.6. The quantitative estimate of drug-likeness (QED) is 0.692. The highest BCUT2D eigenvalue weighted by Crippen LogP contribution is 2.22. The Morgan fingerprint density at radius 3 is 2.64 bits per heavy atom. The molecule has 0 aliphatic heterocycles. The monoisotopic (exact) mass is 181 g/mol.